The molecule has 6 rings (SSSR count). The van der Waals surface area contributed by atoms with Crippen molar-refractivity contribution in [3.8, 4) is 0 Å². The second-order valence-corrected chi connectivity index (χ2v) is 8.79. The summed E-state index contributed by atoms with van der Waals surface area (Å²) in [6.07, 6.45) is 2.59. The van der Waals surface area contributed by atoms with E-state index in [0.717, 1.165) is 25.6 Å². The molecule has 5 heterocycles. The summed E-state index contributed by atoms with van der Waals surface area (Å²) in [7, 11) is 0. The van der Waals surface area contributed by atoms with Crippen LogP contribution in [0.3, 0.4) is 0 Å². The Kier molecular flexibility index (Phi) is 4.70. The summed E-state index contributed by atoms with van der Waals surface area (Å²) < 4.78 is 5.42. The first-order valence-corrected chi connectivity index (χ1v) is 10.6. The third kappa shape index (κ3) is 3.20. The number of aryl methyl sites for hydroxylation is 1. The molecule has 5 aliphatic rings. The lowest BCUT2D eigenvalue weighted by Crippen LogP contribution is -2.61. The maximum atomic E-state index is 12.9. The SMILES string of the molecule is Cc1ccc([C@H]2CN(CC(=O)N3CCOCC3)[C@@H]3C4CCN(CC4)[C@H]23)cc1. The van der Waals surface area contributed by atoms with Gasteiger partial charge in [-0.1, -0.05) is 29.8 Å². The van der Waals surface area contributed by atoms with E-state index in [0.29, 0.717) is 37.8 Å². The lowest BCUT2D eigenvalue weighted by atomic mass is 9.75. The molecule has 5 fully saturated rings. The van der Waals surface area contributed by atoms with Crippen molar-refractivity contribution in [3.05, 3.63) is 35.4 Å². The summed E-state index contributed by atoms with van der Waals surface area (Å²) in [5, 5.41) is 0. The summed E-state index contributed by atoms with van der Waals surface area (Å²) in [6.45, 7) is 9.07. The van der Waals surface area contributed by atoms with E-state index in [1.807, 2.05) is 4.90 Å². The Labute approximate surface area is 162 Å². The van der Waals surface area contributed by atoms with E-state index in [2.05, 4.69) is 41.0 Å². The monoisotopic (exact) mass is 369 g/mol. The second-order valence-electron chi connectivity index (χ2n) is 8.79. The molecule has 3 atom stereocenters. The Bertz CT molecular complexity index is 677. The average Bonchev–Trinajstić information content (AvgIpc) is 3.11. The normalized spacial score (nSPS) is 36.0. The molecule has 146 valence electrons. The van der Waals surface area contributed by atoms with Gasteiger partial charge >= 0.3 is 0 Å². The van der Waals surface area contributed by atoms with Gasteiger partial charge in [0.25, 0.3) is 0 Å². The van der Waals surface area contributed by atoms with E-state index in [9.17, 15) is 4.79 Å². The van der Waals surface area contributed by atoms with Crippen LogP contribution in [0.15, 0.2) is 24.3 Å². The van der Waals surface area contributed by atoms with Crippen LogP contribution in [-0.4, -0.2) is 85.2 Å². The van der Waals surface area contributed by atoms with Crippen LogP contribution in [0.4, 0.5) is 0 Å². The third-order valence-electron chi connectivity index (χ3n) is 7.30. The fourth-order valence-corrected chi connectivity index (χ4v) is 5.92. The first kappa shape index (κ1) is 17.7. The lowest BCUT2D eigenvalue weighted by Gasteiger charge is -2.51. The molecule has 0 unspecified atom stereocenters. The topological polar surface area (TPSA) is 36.0 Å². The number of hydrogen-bond donors (Lipinski definition) is 0. The van der Waals surface area contributed by atoms with Crippen molar-refractivity contribution in [2.45, 2.75) is 37.8 Å². The molecule has 5 heteroatoms. The van der Waals surface area contributed by atoms with Gasteiger partial charge in [0.05, 0.1) is 19.8 Å². The van der Waals surface area contributed by atoms with Crippen molar-refractivity contribution in [2.24, 2.45) is 5.92 Å². The van der Waals surface area contributed by atoms with E-state index >= 15 is 0 Å². The van der Waals surface area contributed by atoms with Crippen LogP contribution in [0.1, 0.15) is 29.9 Å². The minimum atomic E-state index is 0.290. The number of likely N-dealkylation sites (tertiary alicyclic amines) is 1. The molecule has 5 nitrogen and oxygen atoms in total. The molecule has 0 N–H and O–H groups in total. The van der Waals surface area contributed by atoms with Crippen LogP contribution < -0.4 is 0 Å². The highest BCUT2D eigenvalue weighted by atomic mass is 16.5. The number of carbonyl (C=O) groups excluding carboxylic acids is 1. The number of hydrogen-bond acceptors (Lipinski definition) is 4. The van der Waals surface area contributed by atoms with Crippen LogP contribution in [0.25, 0.3) is 0 Å². The maximum Gasteiger partial charge on any atom is 0.236 e. The number of ether oxygens (including phenoxy) is 1. The van der Waals surface area contributed by atoms with E-state index in [-0.39, 0.29) is 5.91 Å². The van der Waals surface area contributed by atoms with Gasteiger partial charge in [0.15, 0.2) is 0 Å². The Hall–Kier alpha value is -1.43. The zero-order valence-corrected chi connectivity index (χ0v) is 16.3. The molecule has 5 saturated heterocycles. The van der Waals surface area contributed by atoms with Gasteiger partial charge in [-0.3, -0.25) is 14.6 Å². The smallest absolute Gasteiger partial charge is 0.236 e. The summed E-state index contributed by atoms with van der Waals surface area (Å²) >= 11 is 0. The van der Waals surface area contributed by atoms with Crippen molar-refractivity contribution in [1.82, 2.24) is 14.7 Å². The summed E-state index contributed by atoms with van der Waals surface area (Å²) in [5.74, 6) is 1.57. The Morgan fingerprint density at radius 2 is 1.74 bits per heavy atom. The molecular formula is C22H31N3O2. The lowest BCUT2D eigenvalue weighted by molar-refractivity contribution is -0.137. The fourth-order valence-electron chi connectivity index (χ4n) is 5.92. The van der Waals surface area contributed by atoms with Crippen molar-refractivity contribution in [3.63, 3.8) is 0 Å². The number of nitrogens with zero attached hydrogens (tertiary/aromatic N) is 3. The fraction of sp³-hybridized carbons (Fsp3) is 0.682. The number of amides is 1. The molecule has 2 bridgehead atoms. The highest BCUT2D eigenvalue weighted by molar-refractivity contribution is 5.78. The largest absolute Gasteiger partial charge is 0.378 e. The first-order chi connectivity index (χ1) is 13.2. The van der Waals surface area contributed by atoms with Gasteiger partial charge in [0.2, 0.25) is 5.91 Å². The third-order valence-corrected chi connectivity index (χ3v) is 7.30. The van der Waals surface area contributed by atoms with Crippen LogP contribution in [0, 0.1) is 12.8 Å². The van der Waals surface area contributed by atoms with Gasteiger partial charge in [0.1, 0.15) is 0 Å². The molecule has 0 radical (unpaired) electrons. The van der Waals surface area contributed by atoms with Gasteiger partial charge in [-0.05, 0) is 44.3 Å². The van der Waals surface area contributed by atoms with Crippen molar-refractivity contribution >= 4 is 5.91 Å². The van der Waals surface area contributed by atoms with Gasteiger partial charge in [0, 0.05) is 37.6 Å². The van der Waals surface area contributed by atoms with E-state index < -0.39 is 0 Å². The molecule has 1 aromatic rings. The molecule has 5 aliphatic heterocycles. The first-order valence-electron chi connectivity index (χ1n) is 10.6. The number of benzene rings is 1. The number of fused-ring (bicyclic) bond motifs is 2. The number of rotatable bonds is 3. The van der Waals surface area contributed by atoms with Gasteiger partial charge in [-0.25, -0.2) is 0 Å². The van der Waals surface area contributed by atoms with E-state index in [4.69, 9.17) is 4.74 Å². The quantitative estimate of drug-likeness (QED) is 0.813. The molecule has 0 aromatic heterocycles. The van der Waals surface area contributed by atoms with Crippen molar-refractivity contribution in [2.75, 3.05) is 52.5 Å². The van der Waals surface area contributed by atoms with Crippen molar-refractivity contribution < 1.29 is 9.53 Å². The molecule has 27 heavy (non-hydrogen) atoms. The second kappa shape index (κ2) is 7.19. The van der Waals surface area contributed by atoms with Crippen LogP contribution in [0.2, 0.25) is 0 Å². The molecule has 1 aromatic carbocycles. The predicted octanol–water partition coefficient (Wildman–Crippen LogP) is 1.72. The van der Waals surface area contributed by atoms with Crippen LogP contribution in [-0.2, 0) is 9.53 Å². The summed E-state index contributed by atoms with van der Waals surface area (Å²) in [6, 6.07) is 10.2. The van der Waals surface area contributed by atoms with Gasteiger partial charge < -0.3 is 9.64 Å². The highest BCUT2D eigenvalue weighted by Gasteiger charge is 2.53. The minimum Gasteiger partial charge on any atom is -0.378 e. The summed E-state index contributed by atoms with van der Waals surface area (Å²) in [5.41, 5.74) is 2.77. The molecule has 0 saturated carbocycles. The van der Waals surface area contributed by atoms with E-state index in [1.165, 1.54) is 37.1 Å². The zero-order chi connectivity index (χ0) is 18.4. The standard InChI is InChI=1S/C22H31N3O2/c1-16-2-4-17(5-3-16)19-14-25(15-20(26)23-10-12-27-13-11-23)21-18-6-8-24(9-7-18)22(19)21/h2-5,18-19,21-22H,6-15H2,1H3/t19-,21-,22-/m1/s1. The molecule has 0 spiro atoms. The minimum absolute atomic E-state index is 0.290. The molecule has 1 amide bonds. The van der Waals surface area contributed by atoms with Crippen molar-refractivity contribution in [1.29, 1.82) is 0 Å². The Morgan fingerprint density at radius 3 is 2.44 bits per heavy atom. The van der Waals surface area contributed by atoms with Crippen LogP contribution in [0.5, 0.6) is 0 Å². The molecular weight excluding hydrogens is 338 g/mol. The summed E-state index contributed by atoms with van der Waals surface area (Å²) in [4.78, 5) is 20.2. The zero-order valence-electron chi connectivity index (χ0n) is 16.3. The Balaban J connectivity index is 1.38. The Morgan fingerprint density at radius 1 is 1.04 bits per heavy atom. The molecule has 0 aliphatic carbocycles. The predicted molar refractivity (Wildman–Crippen MR) is 105 cm³/mol. The maximum absolute atomic E-state index is 12.9. The van der Waals surface area contributed by atoms with E-state index in [1.54, 1.807) is 0 Å². The van der Waals surface area contributed by atoms with Crippen LogP contribution >= 0.6 is 0 Å². The number of carbonyl (C=O) groups is 1. The number of piperidine rings is 3. The average molecular weight is 370 g/mol. The highest BCUT2D eigenvalue weighted by Crippen LogP contribution is 2.46. The van der Waals surface area contributed by atoms with Gasteiger partial charge in [-0.15, -0.1) is 0 Å². The number of morpholine rings is 1. The van der Waals surface area contributed by atoms with Gasteiger partial charge in [-0.2, -0.15) is 0 Å².